The zero-order valence-corrected chi connectivity index (χ0v) is 11.7. The van der Waals surface area contributed by atoms with E-state index in [0.717, 1.165) is 43.8 Å². The van der Waals surface area contributed by atoms with Crippen molar-refractivity contribution in [2.75, 3.05) is 18.0 Å². The molecule has 1 nitrogen and oxygen atoms in total. The molecule has 0 radical (unpaired) electrons. The minimum absolute atomic E-state index is 0.520. The Balaban J connectivity index is 2.20. The fourth-order valence-corrected chi connectivity index (χ4v) is 2.82. The lowest BCUT2D eigenvalue weighted by Crippen LogP contribution is -2.33. The van der Waals surface area contributed by atoms with Crippen molar-refractivity contribution in [2.45, 2.75) is 25.9 Å². The highest BCUT2D eigenvalue weighted by molar-refractivity contribution is 9.10. The summed E-state index contributed by atoms with van der Waals surface area (Å²) in [6.07, 6.45) is -2.10. The summed E-state index contributed by atoms with van der Waals surface area (Å²) in [6, 6.07) is 3.87. The maximum atomic E-state index is 12.6. The van der Waals surface area contributed by atoms with Gasteiger partial charge < -0.3 is 4.90 Å². The third kappa shape index (κ3) is 2.99. The largest absolute Gasteiger partial charge is 0.416 e. The van der Waals surface area contributed by atoms with Gasteiger partial charge in [-0.3, -0.25) is 0 Å². The van der Waals surface area contributed by atoms with E-state index in [2.05, 4.69) is 27.8 Å². The Morgan fingerprint density at radius 1 is 1.22 bits per heavy atom. The van der Waals surface area contributed by atoms with Gasteiger partial charge in [0.05, 0.1) is 11.3 Å². The van der Waals surface area contributed by atoms with Crippen molar-refractivity contribution in [1.82, 2.24) is 0 Å². The number of piperidine rings is 1. The summed E-state index contributed by atoms with van der Waals surface area (Å²) in [7, 11) is 0. The van der Waals surface area contributed by atoms with Crippen LogP contribution in [0.2, 0.25) is 0 Å². The summed E-state index contributed by atoms with van der Waals surface area (Å²) in [6.45, 7) is 4.02. The number of anilines is 1. The summed E-state index contributed by atoms with van der Waals surface area (Å²) in [4.78, 5) is 2.14. The molecule has 5 heteroatoms. The first-order chi connectivity index (χ1) is 8.38. The molecule has 1 aliphatic rings. The van der Waals surface area contributed by atoms with Gasteiger partial charge in [-0.1, -0.05) is 6.92 Å². The van der Waals surface area contributed by atoms with Crippen molar-refractivity contribution >= 4 is 21.6 Å². The average Bonchev–Trinajstić information content (AvgIpc) is 2.29. The van der Waals surface area contributed by atoms with Gasteiger partial charge in [0.1, 0.15) is 0 Å². The molecule has 0 aliphatic carbocycles. The molecule has 100 valence electrons. The van der Waals surface area contributed by atoms with Crippen molar-refractivity contribution < 1.29 is 13.2 Å². The lowest BCUT2D eigenvalue weighted by atomic mass is 9.98. The predicted octanol–water partition coefficient (Wildman–Crippen LogP) is 4.70. The Labute approximate surface area is 113 Å². The first-order valence-electron chi connectivity index (χ1n) is 5.99. The molecule has 0 saturated carbocycles. The van der Waals surface area contributed by atoms with Gasteiger partial charge in [0.15, 0.2) is 0 Å². The van der Waals surface area contributed by atoms with Gasteiger partial charge in [0.25, 0.3) is 0 Å². The highest BCUT2D eigenvalue weighted by Crippen LogP contribution is 2.36. The van der Waals surface area contributed by atoms with E-state index >= 15 is 0 Å². The molecule has 0 N–H and O–H groups in total. The van der Waals surface area contributed by atoms with E-state index in [9.17, 15) is 13.2 Å². The molecule has 1 heterocycles. The molecular formula is C13H15BrF3N. The monoisotopic (exact) mass is 321 g/mol. The minimum Gasteiger partial charge on any atom is -0.371 e. The first-order valence-corrected chi connectivity index (χ1v) is 6.79. The van der Waals surface area contributed by atoms with Gasteiger partial charge in [0, 0.05) is 17.6 Å². The summed E-state index contributed by atoms with van der Waals surface area (Å²) in [5.74, 6) is 0.703. The fraction of sp³-hybridized carbons (Fsp3) is 0.538. The van der Waals surface area contributed by atoms with Crippen molar-refractivity contribution in [3.8, 4) is 0 Å². The lowest BCUT2D eigenvalue weighted by molar-refractivity contribution is -0.137. The van der Waals surface area contributed by atoms with Crippen LogP contribution in [0.1, 0.15) is 25.3 Å². The number of alkyl halides is 3. The normalized spacial score (nSPS) is 18.2. The van der Waals surface area contributed by atoms with E-state index in [1.165, 1.54) is 0 Å². The van der Waals surface area contributed by atoms with Crippen LogP contribution in [-0.2, 0) is 6.18 Å². The molecule has 1 aliphatic heterocycles. The minimum atomic E-state index is -4.28. The van der Waals surface area contributed by atoms with E-state index in [-0.39, 0.29) is 0 Å². The molecule has 0 bridgehead atoms. The van der Waals surface area contributed by atoms with Crippen molar-refractivity contribution in [3.63, 3.8) is 0 Å². The first kappa shape index (κ1) is 13.7. The number of rotatable bonds is 1. The molecule has 0 atom stereocenters. The smallest absolute Gasteiger partial charge is 0.371 e. The highest BCUT2D eigenvalue weighted by atomic mass is 79.9. The van der Waals surface area contributed by atoms with Crippen LogP contribution in [0.3, 0.4) is 0 Å². The standard InChI is InChI=1S/C13H15BrF3N/c1-9-4-6-18(7-5-9)12-3-2-10(8-11(12)14)13(15,16)17/h2-3,8-9H,4-7H2,1H3. The fourth-order valence-electron chi connectivity index (χ4n) is 2.19. The van der Waals surface area contributed by atoms with Crippen LogP contribution in [0.4, 0.5) is 18.9 Å². The molecular weight excluding hydrogens is 307 g/mol. The van der Waals surface area contributed by atoms with Crippen LogP contribution in [0, 0.1) is 5.92 Å². The van der Waals surface area contributed by atoms with Gasteiger partial charge >= 0.3 is 6.18 Å². The number of hydrogen-bond acceptors (Lipinski definition) is 1. The van der Waals surface area contributed by atoms with Crippen LogP contribution >= 0.6 is 15.9 Å². The van der Waals surface area contributed by atoms with Gasteiger partial charge in [-0.25, -0.2) is 0 Å². The molecule has 0 amide bonds. The zero-order valence-electron chi connectivity index (χ0n) is 10.1. The zero-order chi connectivity index (χ0) is 13.3. The second-order valence-electron chi connectivity index (χ2n) is 4.83. The van der Waals surface area contributed by atoms with Gasteiger partial charge in [-0.05, 0) is 52.9 Å². The predicted molar refractivity (Wildman–Crippen MR) is 69.8 cm³/mol. The Morgan fingerprint density at radius 2 is 1.83 bits per heavy atom. The molecule has 1 aromatic rings. The van der Waals surface area contributed by atoms with Gasteiger partial charge in [-0.2, -0.15) is 13.2 Å². The highest BCUT2D eigenvalue weighted by Gasteiger charge is 2.31. The molecule has 0 unspecified atom stereocenters. The summed E-state index contributed by atoms with van der Waals surface area (Å²) >= 11 is 3.25. The van der Waals surface area contributed by atoms with Crippen molar-refractivity contribution in [3.05, 3.63) is 28.2 Å². The van der Waals surface area contributed by atoms with Crippen LogP contribution in [0.15, 0.2) is 22.7 Å². The molecule has 1 fully saturated rings. The SMILES string of the molecule is CC1CCN(c2ccc(C(F)(F)F)cc2Br)CC1. The Morgan fingerprint density at radius 3 is 2.33 bits per heavy atom. The number of hydrogen-bond donors (Lipinski definition) is 0. The maximum Gasteiger partial charge on any atom is 0.416 e. The van der Waals surface area contributed by atoms with Crippen LogP contribution in [-0.4, -0.2) is 13.1 Å². The maximum absolute atomic E-state index is 12.6. The van der Waals surface area contributed by atoms with Crippen LogP contribution in [0.5, 0.6) is 0 Å². The Hall–Kier alpha value is -0.710. The summed E-state index contributed by atoms with van der Waals surface area (Å²) in [5.41, 5.74) is 0.249. The Bertz CT molecular complexity index is 423. The van der Waals surface area contributed by atoms with E-state index < -0.39 is 11.7 Å². The van der Waals surface area contributed by atoms with Crippen molar-refractivity contribution in [1.29, 1.82) is 0 Å². The second kappa shape index (κ2) is 5.11. The molecule has 0 spiro atoms. The topological polar surface area (TPSA) is 3.24 Å². The molecule has 1 saturated heterocycles. The number of halogens is 4. The molecule has 0 aromatic heterocycles. The summed E-state index contributed by atoms with van der Waals surface area (Å²) in [5, 5.41) is 0. The number of benzene rings is 1. The summed E-state index contributed by atoms with van der Waals surface area (Å²) < 4.78 is 38.2. The third-order valence-corrected chi connectivity index (χ3v) is 4.03. The molecule has 18 heavy (non-hydrogen) atoms. The van der Waals surface area contributed by atoms with E-state index in [0.29, 0.717) is 10.4 Å². The van der Waals surface area contributed by atoms with Crippen LogP contribution in [0.25, 0.3) is 0 Å². The van der Waals surface area contributed by atoms with E-state index in [1.54, 1.807) is 6.07 Å². The average molecular weight is 322 g/mol. The second-order valence-corrected chi connectivity index (χ2v) is 5.69. The van der Waals surface area contributed by atoms with Gasteiger partial charge in [-0.15, -0.1) is 0 Å². The van der Waals surface area contributed by atoms with Crippen molar-refractivity contribution in [2.24, 2.45) is 5.92 Å². The lowest BCUT2D eigenvalue weighted by Gasteiger charge is -2.33. The quantitative estimate of drug-likeness (QED) is 0.724. The Kier molecular flexibility index (Phi) is 3.90. The van der Waals surface area contributed by atoms with E-state index in [4.69, 9.17) is 0 Å². The molecule has 1 aromatic carbocycles. The van der Waals surface area contributed by atoms with E-state index in [1.807, 2.05) is 0 Å². The molecule has 2 rings (SSSR count). The van der Waals surface area contributed by atoms with Gasteiger partial charge in [0.2, 0.25) is 0 Å². The number of nitrogens with zero attached hydrogens (tertiary/aromatic N) is 1. The third-order valence-electron chi connectivity index (χ3n) is 3.40. The van der Waals surface area contributed by atoms with Crippen LogP contribution < -0.4 is 4.90 Å².